The third-order valence-electron chi connectivity index (χ3n) is 6.22. The van der Waals surface area contributed by atoms with Gasteiger partial charge in [0.05, 0.1) is 21.3 Å². The summed E-state index contributed by atoms with van der Waals surface area (Å²) in [6.07, 6.45) is 3.79. The van der Waals surface area contributed by atoms with Gasteiger partial charge in [-0.15, -0.1) is 16.4 Å². The average molecular weight is 555 g/mol. The second-order valence-corrected chi connectivity index (χ2v) is 9.92. The van der Waals surface area contributed by atoms with Crippen LogP contribution in [0.25, 0.3) is 22.0 Å². The minimum atomic E-state index is -1.17. The molecule has 10 nitrogen and oxygen atoms in total. The van der Waals surface area contributed by atoms with E-state index < -0.39 is 17.9 Å². The Kier molecular flexibility index (Phi) is 6.83. The van der Waals surface area contributed by atoms with Gasteiger partial charge in [0.2, 0.25) is 6.17 Å². The third kappa shape index (κ3) is 4.84. The summed E-state index contributed by atoms with van der Waals surface area (Å²) in [4.78, 5) is 32.1. The van der Waals surface area contributed by atoms with Gasteiger partial charge in [0.25, 0.3) is 11.8 Å². The number of anilines is 2. The van der Waals surface area contributed by atoms with Crippen LogP contribution in [0.15, 0.2) is 70.3 Å². The fourth-order valence-corrected chi connectivity index (χ4v) is 5.20. The lowest BCUT2D eigenvalue weighted by molar-refractivity contribution is -0.116. The number of hydrogen-bond donors (Lipinski definition) is 2. The van der Waals surface area contributed by atoms with Crippen molar-refractivity contribution in [1.82, 2.24) is 25.1 Å². The summed E-state index contributed by atoms with van der Waals surface area (Å²) in [5.74, 6) is -0.223. The molecule has 0 fully saturated rings. The molecule has 1 atom stereocenters. The third-order valence-corrected chi connectivity index (χ3v) is 7.46. The number of para-hydroxylation sites is 1. The van der Waals surface area contributed by atoms with Crippen molar-refractivity contribution in [3.05, 3.63) is 88.7 Å². The number of aromatic nitrogens is 5. The highest BCUT2D eigenvalue weighted by Gasteiger charge is 2.29. The molecule has 0 spiro atoms. The Hall–Kier alpha value is -4.84. The summed E-state index contributed by atoms with van der Waals surface area (Å²) >= 11 is 1.50. The molecule has 3 aromatic heterocycles. The van der Waals surface area contributed by atoms with Crippen LogP contribution in [0.4, 0.5) is 16.1 Å². The van der Waals surface area contributed by atoms with Crippen LogP contribution in [-0.4, -0.2) is 42.9 Å². The van der Waals surface area contributed by atoms with Crippen LogP contribution in [0.2, 0.25) is 0 Å². The van der Waals surface area contributed by atoms with E-state index in [1.54, 1.807) is 24.5 Å². The molecule has 2 N–H and O–H groups in total. The summed E-state index contributed by atoms with van der Waals surface area (Å²) in [5.41, 5.74) is 2.97. The topological polar surface area (TPSA) is 131 Å². The SMILES string of the molecule is CCc1ncc(-c2sc(CC)nc2-c2nnc(N[C@H]3N=C(c4ccccc4)c4cccc(F)c4NC3=O)o2)cn1. The molecule has 12 heteroatoms. The Morgan fingerprint density at radius 2 is 1.80 bits per heavy atom. The predicted molar refractivity (Wildman–Crippen MR) is 150 cm³/mol. The van der Waals surface area contributed by atoms with Crippen molar-refractivity contribution < 1.29 is 13.6 Å². The predicted octanol–water partition coefficient (Wildman–Crippen LogP) is 5.14. The summed E-state index contributed by atoms with van der Waals surface area (Å²) in [6, 6.07) is 13.8. The number of thiazole rings is 1. The van der Waals surface area contributed by atoms with E-state index in [-0.39, 0.29) is 17.6 Å². The van der Waals surface area contributed by atoms with Crippen LogP contribution < -0.4 is 10.6 Å². The van der Waals surface area contributed by atoms with Crippen LogP contribution in [0.1, 0.15) is 35.8 Å². The van der Waals surface area contributed by atoms with Gasteiger partial charge in [-0.1, -0.05) is 61.4 Å². The quantitative estimate of drug-likeness (QED) is 0.283. The number of benzodiazepines with no additional fused rings is 1. The van der Waals surface area contributed by atoms with Gasteiger partial charge in [-0.2, -0.15) is 0 Å². The molecule has 2 aromatic carbocycles. The lowest BCUT2D eigenvalue weighted by Crippen LogP contribution is -2.32. The van der Waals surface area contributed by atoms with Gasteiger partial charge >= 0.3 is 6.01 Å². The highest BCUT2D eigenvalue weighted by atomic mass is 32.1. The lowest BCUT2D eigenvalue weighted by Gasteiger charge is -2.11. The fourth-order valence-electron chi connectivity index (χ4n) is 4.23. The zero-order valence-corrected chi connectivity index (χ0v) is 22.4. The van der Waals surface area contributed by atoms with Crippen molar-refractivity contribution in [2.45, 2.75) is 32.9 Å². The number of carbonyl (C=O) groups is 1. The number of rotatable bonds is 7. The van der Waals surface area contributed by atoms with Gasteiger partial charge in [0.15, 0.2) is 0 Å². The van der Waals surface area contributed by atoms with Gasteiger partial charge in [0.1, 0.15) is 17.3 Å². The fraction of sp³-hybridized carbons (Fsp3) is 0.179. The van der Waals surface area contributed by atoms with Gasteiger partial charge in [-0.05, 0) is 12.5 Å². The highest BCUT2D eigenvalue weighted by molar-refractivity contribution is 7.15. The van der Waals surface area contributed by atoms with E-state index in [0.717, 1.165) is 39.7 Å². The molecule has 5 aromatic rings. The maximum Gasteiger partial charge on any atom is 0.317 e. The number of carbonyl (C=O) groups excluding carboxylic acids is 1. The van der Waals surface area contributed by atoms with Gasteiger partial charge in [0, 0.05) is 35.5 Å². The van der Waals surface area contributed by atoms with Gasteiger partial charge in [-0.25, -0.2) is 24.3 Å². The first-order chi connectivity index (χ1) is 19.5. The number of benzene rings is 2. The summed E-state index contributed by atoms with van der Waals surface area (Å²) in [7, 11) is 0. The number of halogens is 1. The molecule has 4 heterocycles. The van der Waals surface area contributed by atoms with Gasteiger partial charge < -0.3 is 15.1 Å². The molecule has 0 bridgehead atoms. The summed E-state index contributed by atoms with van der Waals surface area (Å²) in [5, 5.41) is 14.7. The van der Waals surface area contributed by atoms with Crippen LogP contribution in [0.5, 0.6) is 0 Å². The molecule has 0 saturated heterocycles. The number of nitrogens with one attached hydrogen (secondary N) is 2. The molecule has 1 aliphatic heterocycles. The maximum atomic E-state index is 14.8. The number of fused-ring (bicyclic) bond motifs is 1. The van der Waals surface area contributed by atoms with Crippen molar-refractivity contribution in [2.24, 2.45) is 4.99 Å². The standard InChI is InChI=1S/C28H23FN8O2S/c1-3-19-30-13-16(14-31-19)24-23(32-20(4-2)40-24)27-36-37-28(39-27)35-25-26(38)34-22-17(11-8-12-18(22)29)21(33-25)15-9-6-5-7-10-15/h5-14,25H,3-4H2,1-2H3,(H,34,38)(H,35,37)/t25-/m1/s1. The summed E-state index contributed by atoms with van der Waals surface area (Å²) < 4.78 is 20.7. The molecular formula is C28H23FN8O2S. The van der Waals surface area contributed by atoms with Gasteiger partial charge in [-0.3, -0.25) is 4.79 Å². The lowest BCUT2D eigenvalue weighted by atomic mass is 10.0. The number of aliphatic imine (C=N–C) groups is 1. The van der Waals surface area contributed by atoms with E-state index in [0.29, 0.717) is 17.0 Å². The van der Waals surface area contributed by atoms with E-state index in [4.69, 9.17) is 4.42 Å². The van der Waals surface area contributed by atoms with Crippen LogP contribution in [0, 0.1) is 5.82 Å². The Bertz CT molecular complexity index is 1720. The molecule has 1 aliphatic rings. The smallest absolute Gasteiger partial charge is 0.317 e. The minimum absolute atomic E-state index is 0.0349. The molecule has 0 aliphatic carbocycles. The molecule has 1 amide bonds. The second-order valence-electron chi connectivity index (χ2n) is 8.84. The molecular weight excluding hydrogens is 531 g/mol. The van der Waals surface area contributed by atoms with Crippen LogP contribution in [-0.2, 0) is 17.6 Å². The monoisotopic (exact) mass is 554 g/mol. The average Bonchev–Trinajstić information content (AvgIpc) is 3.61. The van der Waals surface area contributed by atoms with Crippen molar-refractivity contribution >= 4 is 34.7 Å². The van der Waals surface area contributed by atoms with Crippen LogP contribution >= 0.6 is 11.3 Å². The molecule has 40 heavy (non-hydrogen) atoms. The molecule has 6 rings (SSSR count). The maximum absolute atomic E-state index is 14.8. The van der Waals surface area contributed by atoms with Crippen molar-refractivity contribution in [1.29, 1.82) is 0 Å². The Balaban J connectivity index is 1.35. The second kappa shape index (κ2) is 10.7. The van der Waals surface area contributed by atoms with E-state index in [1.807, 2.05) is 44.2 Å². The van der Waals surface area contributed by atoms with Crippen molar-refractivity contribution in [3.63, 3.8) is 0 Å². The van der Waals surface area contributed by atoms with E-state index in [9.17, 15) is 9.18 Å². The zero-order chi connectivity index (χ0) is 27.6. The Morgan fingerprint density at radius 3 is 2.55 bits per heavy atom. The van der Waals surface area contributed by atoms with E-state index in [1.165, 1.54) is 17.4 Å². The summed E-state index contributed by atoms with van der Waals surface area (Å²) in [6.45, 7) is 4.00. The number of hydrogen-bond acceptors (Lipinski definition) is 10. The Labute approximate surface area is 232 Å². The molecule has 0 saturated carbocycles. The van der Waals surface area contributed by atoms with Crippen molar-refractivity contribution in [2.75, 3.05) is 10.6 Å². The number of aryl methyl sites for hydroxylation is 2. The van der Waals surface area contributed by atoms with Crippen LogP contribution in [0.3, 0.4) is 0 Å². The number of nitrogens with zero attached hydrogens (tertiary/aromatic N) is 6. The number of amides is 1. The first-order valence-corrected chi connectivity index (χ1v) is 13.5. The van der Waals surface area contributed by atoms with Crippen molar-refractivity contribution in [3.8, 4) is 22.0 Å². The highest BCUT2D eigenvalue weighted by Crippen LogP contribution is 2.36. The molecule has 0 radical (unpaired) electrons. The minimum Gasteiger partial charge on any atom is -0.402 e. The Morgan fingerprint density at radius 1 is 1.00 bits per heavy atom. The zero-order valence-electron chi connectivity index (χ0n) is 21.6. The normalized spacial score (nSPS) is 14.7. The van der Waals surface area contributed by atoms with E-state index in [2.05, 4.69) is 40.8 Å². The first-order valence-electron chi connectivity index (χ1n) is 12.7. The first kappa shape index (κ1) is 25.4. The molecule has 0 unspecified atom stereocenters. The van der Waals surface area contributed by atoms with E-state index >= 15 is 0 Å². The molecule has 200 valence electrons. The largest absolute Gasteiger partial charge is 0.402 e.